The topological polar surface area (TPSA) is 209 Å². The van der Waals surface area contributed by atoms with Crippen molar-refractivity contribution in [1.82, 2.24) is 40.2 Å². The zero-order valence-corrected chi connectivity index (χ0v) is 35.3. The normalized spacial score (nSPS) is 17.8. The number of rotatable bonds is 18. The molecule has 3 aromatic heterocycles. The quantitative estimate of drug-likeness (QED) is 0.0716. The number of nitrogens with one attached hydrogen (secondary N) is 4. The predicted molar refractivity (Wildman–Crippen MR) is 232 cm³/mol. The van der Waals surface area contributed by atoms with Crippen molar-refractivity contribution < 1.29 is 41.9 Å². The molecule has 338 valence electrons. The first kappa shape index (κ1) is 43.4. The van der Waals surface area contributed by atoms with Crippen LogP contribution in [0.15, 0.2) is 77.7 Å². The molecule has 1 unspecified atom stereocenters. The molecule has 4 N–H and O–H groups in total. The Morgan fingerprint density at radius 1 is 0.969 bits per heavy atom. The molecule has 5 amide bonds. The fraction of sp³-hybridized carbons (Fsp3) is 0.378. The second-order valence-corrected chi connectivity index (χ2v) is 16.4. The van der Waals surface area contributed by atoms with Crippen LogP contribution in [0.2, 0.25) is 0 Å². The fourth-order valence-electron chi connectivity index (χ4n) is 8.12. The summed E-state index contributed by atoms with van der Waals surface area (Å²) in [6.45, 7) is 6.47. The summed E-state index contributed by atoms with van der Waals surface area (Å²) in [6.07, 6.45) is 3.75. The van der Waals surface area contributed by atoms with E-state index in [9.17, 15) is 32.8 Å². The molecule has 6 heterocycles. The summed E-state index contributed by atoms with van der Waals surface area (Å²) >= 11 is 0. The number of imide groups is 2. The Bertz CT molecular complexity index is 2590. The van der Waals surface area contributed by atoms with Crippen LogP contribution in [0.4, 0.5) is 26.0 Å². The number of hydrogen-bond donors (Lipinski definition) is 4. The van der Waals surface area contributed by atoms with Gasteiger partial charge in [-0.15, -0.1) is 0 Å². The molecule has 65 heavy (non-hydrogen) atoms. The average molecular weight is 892 g/mol. The Morgan fingerprint density at radius 2 is 1.78 bits per heavy atom. The Morgan fingerprint density at radius 3 is 2.55 bits per heavy atom. The molecule has 0 spiro atoms. The Balaban J connectivity index is 0.695. The number of halogens is 2. The smallest absolute Gasteiger partial charge is 0.284 e. The lowest BCUT2D eigenvalue weighted by Gasteiger charge is -2.36. The van der Waals surface area contributed by atoms with Gasteiger partial charge < -0.3 is 30.0 Å². The third kappa shape index (κ3) is 9.79. The summed E-state index contributed by atoms with van der Waals surface area (Å²) in [5.41, 5.74) is 2.53. The summed E-state index contributed by atoms with van der Waals surface area (Å²) < 4.78 is 40.9. The summed E-state index contributed by atoms with van der Waals surface area (Å²) in [5.74, 6) is -1.28. The van der Waals surface area contributed by atoms with Gasteiger partial charge in [0.2, 0.25) is 17.7 Å². The lowest BCUT2D eigenvalue weighted by atomic mass is 10.0. The largest absolute Gasteiger partial charge is 0.444 e. The van der Waals surface area contributed by atoms with Crippen LogP contribution in [0.3, 0.4) is 0 Å². The molecule has 5 aromatic rings. The van der Waals surface area contributed by atoms with Gasteiger partial charge in [-0.1, -0.05) is 18.2 Å². The molecule has 3 aliphatic heterocycles. The molecule has 9 rings (SSSR count). The number of piperazine rings is 1. The molecule has 18 nitrogen and oxygen atoms in total. The van der Waals surface area contributed by atoms with Gasteiger partial charge in [-0.3, -0.25) is 39.1 Å². The number of aromatic nitrogens is 4. The standard InChI is InChI=1S/C45H47F2N11O7/c46-40(47)39-32(51-41(60)33-26-65-43(52-33)29-12-13-49-36(22-29)50-24-28-4-5-28)25-57(54-39)30-8-6-27(7-9-30)23-48-14-20-64-21-19-55-15-17-56(18-16-55)34-3-1-2-31-38(34)45(63)58(44(31)62)35-10-11-37(59)53-42(35)61/h1-3,6-9,12-13,22,25-26,28,35,40,48H,4-5,10-11,14-21,23-24H2,(H,49,50)(H,51,60)(H,53,59,61). The van der Waals surface area contributed by atoms with Crippen LogP contribution in [-0.4, -0.2) is 124 Å². The van der Waals surface area contributed by atoms with Crippen LogP contribution in [0.1, 0.15) is 74.6 Å². The van der Waals surface area contributed by atoms with Gasteiger partial charge in [0.1, 0.15) is 18.1 Å². The molecule has 1 aliphatic carbocycles. The number of alkyl halides is 2. The van der Waals surface area contributed by atoms with Gasteiger partial charge in [0.15, 0.2) is 11.4 Å². The van der Waals surface area contributed by atoms with E-state index >= 15 is 0 Å². The molecule has 1 atom stereocenters. The number of amides is 5. The molecule has 3 fully saturated rings. The Kier molecular flexibility index (Phi) is 12.7. The van der Waals surface area contributed by atoms with Crippen LogP contribution in [0, 0.1) is 5.92 Å². The Labute approximate surface area is 371 Å². The van der Waals surface area contributed by atoms with E-state index in [1.54, 1.807) is 42.6 Å². The number of fused-ring (bicyclic) bond motifs is 1. The molecule has 20 heteroatoms. The lowest BCUT2D eigenvalue weighted by Crippen LogP contribution is -2.54. The number of ether oxygens (including phenoxy) is 1. The van der Waals surface area contributed by atoms with E-state index in [0.717, 1.165) is 36.6 Å². The molecule has 4 aliphatic rings. The minimum Gasteiger partial charge on any atom is -0.444 e. The first-order chi connectivity index (χ1) is 31.6. The molecule has 2 saturated heterocycles. The maximum absolute atomic E-state index is 14.1. The molecule has 0 bridgehead atoms. The highest BCUT2D eigenvalue weighted by Gasteiger charge is 2.46. The first-order valence-electron chi connectivity index (χ1n) is 21.6. The van der Waals surface area contributed by atoms with Gasteiger partial charge in [0.25, 0.3) is 24.1 Å². The van der Waals surface area contributed by atoms with Crippen molar-refractivity contribution in [1.29, 1.82) is 0 Å². The van der Waals surface area contributed by atoms with Gasteiger partial charge in [-0.2, -0.15) is 5.10 Å². The number of benzene rings is 2. The molecular formula is C45H47F2N11O7. The Hall–Kier alpha value is -6.90. The van der Waals surface area contributed by atoms with Crippen molar-refractivity contribution in [2.75, 3.05) is 74.6 Å². The molecule has 2 aromatic carbocycles. The summed E-state index contributed by atoms with van der Waals surface area (Å²) in [4.78, 5) is 78.0. The number of nitrogens with zero attached hydrogens (tertiary/aromatic N) is 7. The SMILES string of the molecule is O=C1CCC(N2C(=O)c3cccc(N4CCN(CCOCCNCc5ccc(-n6cc(NC(=O)c7coc(-c8ccnc(NCC9CC9)c8)n7)c(C(F)F)n6)cc5)CC4)c3C2=O)C(=O)N1. The van der Waals surface area contributed by atoms with Crippen LogP contribution >= 0.6 is 0 Å². The highest BCUT2D eigenvalue weighted by molar-refractivity contribution is 6.25. The van der Waals surface area contributed by atoms with Crippen LogP contribution in [-0.2, 0) is 20.9 Å². The zero-order chi connectivity index (χ0) is 45.0. The lowest BCUT2D eigenvalue weighted by molar-refractivity contribution is -0.136. The predicted octanol–water partition coefficient (Wildman–Crippen LogP) is 4.26. The van der Waals surface area contributed by atoms with Crippen molar-refractivity contribution in [3.05, 3.63) is 101 Å². The van der Waals surface area contributed by atoms with Gasteiger partial charge >= 0.3 is 0 Å². The number of piperidine rings is 1. The van der Waals surface area contributed by atoms with Crippen molar-refractivity contribution in [2.45, 2.75) is 44.7 Å². The number of carbonyl (C=O) groups excluding carboxylic acids is 5. The second-order valence-electron chi connectivity index (χ2n) is 16.4. The van der Waals surface area contributed by atoms with E-state index in [0.29, 0.717) is 73.6 Å². The molecular weight excluding hydrogens is 845 g/mol. The van der Waals surface area contributed by atoms with Crippen molar-refractivity contribution in [2.24, 2.45) is 5.92 Å². The van der Waals surface area contributed by atoms with E-state index in [1.807, 2.05) is 18.2 Å². The van der Waals surface area contributed by atoms with E-state index in [-0.39, 0.29) is 35.7 Å². The second kappa shape index (κ2) is 19.1. The van der Waals surface area contributed by atoms with Gasteiger partial charge in [-0.25, -0.2) is 23.4 Å². The van der Waals surface area contributed by atoms with E-state index in [4.69, 9.17) is 9.15 Å². The number of hydrogen-bond acceptors (Lipinski definition) is 14. The van der Waals surface area contributed by atoms with E-state index in [2.05, 4.69) is 46.1 Å². The maximum atomic E-state index is 14.1. The van der Waals surface area contributed by atoms with Crippen LogP contribution in [0.5, 0.6) is 0 Å². The number of anilines is 3. The molecule has 1 saturated carbocycles. The average Bonchev–Trinajstić information content (AvgIpc) is 3.72. The van der Waals surface area contributed by atoms with E-state index in [1.165, 1.54) is 30.0 Å². The highest BCUT2D eigenvalue weighted by atomic mass is 19.3. The minimum atomic E-state index is -2.94. The van der Waals surface area contributed by atoms with Gasteiger partial charge in [-0.05, 0) is 67.1 Å². The fourth-order valence-corrected chi connectivity index (χ4v) is 8.12. The first-order valence-corrected chi connectivity index (χ1v) is 21.6. The number of carbonyl (C=O) groups is 5. The van der Waals surface area contributed by atoms with E-state index < -0.39 is 47.7 Å². The number of oxazole rings is 1. The maximum Gasteiger partial charge on any atom is 0.284 e. The van der Waals surface area contributed by atoms with Gasteiger partial charge in [0.05, 0.1) is 47.6 Å². The van der Waals surface area contributed by atoms with Crippen LogP contribution < -0.4 is 26.2 Å². The van der Waals surface area contributed by atoms with Crippen LogP contribution in [0.25, 0.3) is 17.1 Å². The highest BCUT2D eigenvalue weighted by Crippen LogP contribution is 2.35. The third-order valence-corrected chi connectivity index (χ3v) is 11.9. The number of pyridine rings is 1. The van der Waals surface area contributed by atoms with Crippen molar-refractivity contribution >= 4 is 46.7 Å². The zero-order valence-electron chi connectivity index (χ0n) is 35.3. The summed E-state index contributed by atoms with van der Waals surface area (Å²) in [6, 6.07) is 14.9. The summed E-state index contributed by atoms with van der Waals surface area (Å²) in [5, 5.41) is 15.4. The van der Waals surface area contributed by atoms with Crippen molar-refractivity contribution in [3.8, 4) is 17.1 Å². The molecule has 0 radical (unpaired) electrons. The summed E-state index contributed by atoms with van der Waals surface area (Å²) in [7, 11) is 0. The van der Waals surface area contributed by atoms with Gasteiger partial charge in [0, 0.05) is 70.5 Å². The minimum absolute atomic E-state index is 0.0643. The monoisotopic (exact) mass is 891 g/mol. The third-order valence-electron chi connectivity index (χ3n) is 11.9. The van der Waals surface area contributed by atoms with Crippen molar-refractivity contribution in [3.63, 3.8) is 0 Å².